The van der Waals surface area contributed by atoms with Gasteiger partial charge in [0.25, 0.3) is 10.0 Å². The van der Waals surface area contributed by atoms with Crippen molar-refractivity contribution in [2.75, 3.05) is 42.7 Å². The Morgan fingerprint density at radius 3 is 2.16 bits per heavy atom. The molecule has 11 heteroatoms. The van der Waals surface area contributed by atoms with Crippen LogP contribution in [0.1, 0.15) is 18.4 Å². The lowest BCUT2D eigenvalue weighted by Gasteiger charge is -2.28. The van der Waals surface area contributed by atoms with Gasteiger partial charge in [-0.2, -0.15) is 0 Å². The molecule has 0 aromatic heterocycles. The molecule has 0 aliphatic carbocycles. The quantitative estimate of drug-likeness (QED) is 0.662. The summed E-state index contributed by atoms with van der Waals surface area (Å²) in [6.07, 6.45) is 1.32. The van der Waals surface area contributed by atoms with E-state index < -0.39 is 20.0 Å². The zero-order valence-electron chi connectivity index (χ0n) is 17.8. The van der Waals surface area contributed by atoms with Crippen molar-refractivity contribution in [2.24, 2.45) is 0 Å². The average Bonchev–Trinajstić information content (AvgIpc) is 2.72. The SMILES string of the molecule is COc1cc(NS(=O)(=O)c2cc(N3CCCCS3(=O)=O)ccc2C)cc(OC)c1OC. The number of aryl methyl sites for hydroxylation is 1. The van der Waals surface area contributed by atoms with E-state index in [0.29, 0.717) is 41.5 Å². The molecule has 1 fully saturated rings. The second kappa shape index (κ2) is 8.83. The molecule has 0 saturated carbocycles. The first-order valence-corrected chi connectivity index (χ1v) is 12.7. The van der Waals surface area contributed by atoms with E-state index >= 15 is 0 Å². The van der Waals surface area contributed by atoms with E-state index in [1.165, 1.54) is 43.8 Å². The highest BCUT2D eigenvalue weighted by Gasteiger charge is 2.28. The monoisotopic (exact) mass is 470 g/mol. The predicted octanol–water partition coefficient (Wildman–Crippen LogP) is 2.75. The Hall–Kier alpha value is -2.66. The highest BCUT2D eigenvalue weighted by Crippen LogP contribution is 2.40. The molecule has 0 spiro atoms. The van der Waals surface area contributed by atoms with E-state index in [0.717, 1.165) is 6.42 Å². The summed E-state index contributed by atoms with van der Waals surface area (Å²) in [6, 6.07) is 7.57. The molecule has 1 aliphatic heterocycles. The number of anilines is 2. The van der Waals surface area contributed by atoms with E-state index in [4.69, 9.17) is 14.2 Å². The number of hydrogen-bond donors (Lipinski definition) is 1. The van der Waals surface area contributed by atoms with E-state index in [2.05, 4.69) is 4.72 Å². The highest BCUT2D eigenvalue weighted by molar-refractivity contribution is 7.93. The summed E-state index contributed by atoms with van der Waals surface area (Å²) in [5, 5.41) is 0. The summed E-state index contributed by atoms with van der Waals surface area (Å²) in [4.78, 5) is -0.0143. The van der Waals surface area contributed by atoms with Crippen molar-refractivity contribution in [3.63, 3.8) is 0 Å². The van der Waals surface area contributed by atoms with Gasteiger partial charge in [-0.3, -0.25) is 9.03 Å². The molecule has 0 amide bonds. The fourth-order valence-corrected chi connectivity index (χ4v) is 6.40. The van der Waals surface area contributed by atoms with Crippen molar-refractivity contribution in [3.05, 3.63) is 35.9 Å². The summed E-state index contributed by atoms with van der Waals surface area (Å²) in [6.45, 7) is 1.98. The Labute approximate surface area is 183 Å². The third kappa shape index (κ3) is 4.67. The lowest BCUT2D eigenvalue weighted by Crippen LogP contribution is -2.38. The lowest BCUT2D eigenvalue weighted by molar-refractivity contribution is 0.325. The minimum absolute atomic E-state index is 0.0143. The van der Waals surface area contributed by atoms with E-state index in [1.54, 1.807) is 19.1 Å². The van der Waals surface area contributed by atoms with Gasteiger partial charge in [0.05, 0.1) is 43.4 Å². The number of nitrogens with one attached hydrogen (secondary N) is 1. The summed E-state index contributed by atoms with van der Waals surface area (Å²) in [5.74, 6) is 0.974. The first-order valence-electron chi connectivity index (χ1n) is 9.57. The van der Waals surface area contributed by atoms with Crippen LogP contribution < -0.4 is 23.2 Å². The normalized spacial score (nSPS) is 15.9. The van der Waals surface area contributed by atoms with Gasteiger partial charge >= 0.3 is 0 Å². The van der Waals surface area contributed by atoms with Crippen molar-refractivity contribution in [1.29, 1.82) is 0 Å². The maximum Gasteiger partial charge on any atom is 0.262 e. The Morgan fingerprint density at radius 1 is 0.968 bits per heavy atom. The molecule has 2 aromatic rings. The number of sulfonamides is 2. The van der Waals surface area contributed by atoms with E-state index in [9.17, 15) is 16.8 Å². The average molecular weight is 471 g/mol. The zero-order valence-corrected chi connectivity index (χ0v) is 19.5. The van der Waals surface area contributed by atoms with Crippen LogP contribution in [0.4, 0.5) is 11.4 Å². The van der Waals surface area contributed by atoms with E-state index in [1.807, 2.05) is 0 Å². The first kappa shape index (κ1) is 23.0. The molecule has 1 N–H and O–H groups in total. The van der Waals surface area contributed by atoms with Crippen LogP contribution in [-0.4, -0.2) is 50.5 Å². The third-order valence-corrected chi connectivity index (χ3v) is 8.41. The second-order valence-corrected chi connectivity index (χ2v) is 10.7. The minimum Gasteiger partial charge on any atom is -0.493 e. The molecule has 3 rings (SSSR count). The van der Waals surface area contributed by atoms with Crippen LogP contribution in [0.5, 0.6) is 17.2 Å². The Bertz CT molecular complexity index is 1150. The molecule has 170 valence electrons. The Morgan fingerprint density at radius 2 is 1.61 bits per heavy atom. The third-order valence-electron chi connectivity index (χ3n) is 5.02. The van der Waals surface area contributed by atoms with Crippen LogP contribution in [0.15, 0.2) is 35.2 Å². The fourth-order valence-electron chi connectivity index (χ4n) is 3.46. The van der Waals surface area contributed by atoms with Crippen molar-refractivity contribution in [1.82, 2.24) is 0 Å². The van der Waals surface area contributed by atoms with Crippen LogP contribution in [0, 0.1) is 6.92 Å². The van der Waals surface area contributed by atoms with Gasteiger partial charge in [-0.05, 0) is 37.5 Å². The molecule has 0 radical (unpaired) electrons. The topological polar surface area (TPSA) is 111 Å². The molecule has 9 nitrogen and oxygen atoms in total. The fraction of sp³-hybridized carbons (Fsp3) is 0.400. The Kier molecular flexibility index (Phi) is 6.56. The summed E-state index contributed by atoms with van der Waals surface area (Å²) in [7, 11) is -3.18. The highest BCUT2D eigenvalue weighted by atomic mass is 32.2. The van der Waals surface area contributed by atoms with Gasteiger partial charge in [-0.25, -0.2) is 16.8 Å². The first-order chi connectivity index (χ1) is 14.6. The van der Waals surface area contributed by atoms with Crippen LogP contribution in [0.3, 0.4) is 0 Å². The summed E-state index contributed by atoms with van der Waals surface area (Å²) < 4.78 is 70.8. The van der Waals surface area contributed by atoms with Gasteiger partial charge in [-0.15, -0.1) is 0 Å². The summed E-state index contributed by atoms with van der Waals surface area (Å²) in [5.41, 5.74) is 1.03. The maximum absolute atomic E-state index is 13.2. The largest absolute Gasteiger partial charge is 0.493 e. The van der Waals surface area contributed by atoms with Gasteiger partial charge in [0.1, 0.15) is 0 Å². The molecule has 1 heterocycles. The van der Waals surface area contributed by atoms with Crippen LogP contribution in [0.2, 0.25) is 0 Å². The number of rotatable bonds is 7. The molecule has 1 saturated heterocycles. The predicted molar refractivity (Wildman–Crippen MR) is 118 cm³/mol. The molecular weight excluding hydrogens is 444 g/mol. The number of nitrogens with zero attached hydrogens (tertiary/aromatic N) is 1. The molecule has 0 unspecified atom stereocenters. The second-order valence-electron chi connectivity index (χ2n) is 7.06. The van der Waals surface area contributed by atoms with Gasteiger partial charge in [-0.1, -0.05) is 6.07 Å². The van der Waals surface area contributed by atoms with Crippen molar-refractivity contribution >= 4 is 31.4 Å². The number of hydrogen-bond acceptors (Lipinski definition) is 7. The van der Waals surface area contributed by atoms with Gasteiger partial charge in [0.2, 0.25) is 15.8 Å². The van der Waals surface area contributed by atoms with Crippen LogP contribution in [0.25, 0.3) is 0 Å². The molecule has 0 bridgehead atoms. The van der Waals surface area contributed by atoms with Crippen molar-refractivity contribution in [3.8, 4) is 17.2 Å². The number of ether oxygens (including phenoxy) is 3. The Balaban J connectivity index is 2.01. The molecular formula is C20H26N2O7S2. The summed E-state index contributed by atoms with van der Waals surface area (Å²) >= 11 is 0. The molecule has 31 heavy (non-hydrogen) atoms. The number of methoxy groups -OCH3 is 3. The molecule has 0 atom stereocenters. The number of benzene rings is 2. The van der Waals surface area contributed by atoms with Crippen LogP contribution >= 0.6 is 0 Å². The van der Waals surface area contributed by atoms with E-state index in [-0.39, 0.29) is 16.3 Å². The van der Waals surface area contributed by atoms with Crippen molar-refractivity contribution in [2.45, 2.75) is 24.7 Å². The minimum atomic E-state index is -4.04. The van der Waals surface area contributed by atoms with Crippen LogP contribution in [-0.2, 0) is 20.0 Å². The van der Waals surface area contributed by atoms with Crippen molar-refractivity contribution < 1.29 is 31.0 Å². The smallest absolute Gasteiger partial charge is 0.262 e. The maximum atomic E-state index is 13.2. The van der Waals surface area contributed by atoms with Gasteiger partial charge in [0, 0.05) is 18.7 Å². The molecule has 2 aromatic carbocycles. The standard InChI is InChI=1S/C20H26N2O7S2/c1-14-7-8-16(22-9-5-6-10-30(22,23)24)13-19(14)31(25,26)21-15-11-17(27-2)20(29-4)18(12-15)28-3/h7-8,11-13,21H,5-6,9-10H2,1-4H3. The van der Waals surface area contributed by atoms with Gasteiger partial charge in [0.15, 0.2) is 11.5 Å². The zero-order chi connectivity index (χ0) is 22.8. The van der Waals surface area contributed by atoms with Gasteiger partial charge < -0.3 is 14.2 Å². The lowest BCUT2D eigenvalue weighted by atomic mass is 10.2. The molecule has 1 aliphatic rings.